The van der Waals surface area contributed by atoms with Crippen LogP contribution in [0.25, 0.3) is 0 Å². The van der Waals surface area contributed by atoms with Crippen molar-refractivity contribution in [3.05, 3.63) is 26.7 Å². The monoisotopic (exact) mass is 360 g/mol. The number of benzene rings is 1. The van der Waals surface area contributed by atoms with Crippen molar-refractivity contribution < 1.29 is 8.42 Å². The van der Waals surface area contributed by atoms with Crippen LogP contribution in [0.5, 0.6) is 0 Å². The van der Waals surface area contributed by atoms with Crippen LogP contribution in [0.4, 0.5) is 0 Å². The maximum Gasteiger partial charge on any atom is 0.242 e. The van der Waals surface area contributed by atoms with E-state index in [0.717, 1.165) is 0 Å². The molecule has 0 aromatic heterocycles. The van der Waals surface area contributed by atoms with Gasteiger partial charge in [0.25, 0.3) is 0 Å². The standard InChI is InChI=1S/C9H11BrCl2N2O2S/c1-13-4-5-14-17(15,16)7-3-2-6(10)8(11)9(7)12/h2-3,13-14H,4-5H2,1H3. The number of nitrogens with one attached hydrogen (secondary N) is 2. The Hall–Kier alpha value is 0.150. The van der Waals surface area contributed by atoms with Gasteiger partial charge in [0, 0.05) is 17.6 Å². The van der Waals surface area contributed by atoms with Crippen LogP contribution in [0.15, 0.2) is 21.5 Å². The molecule has 0 saturated heterocycles. The molecule has 1 rings (SSSR count). The maximum absolute atomic E-state index is 11.9. The summed E-state index contributed by atoms with van der Waals surface area (Å²) >= 11 is 14.9. The molecular formula is C9H11BrCl2N2O2S. The number of hydrogen-bond donors (Lipinski definition) is 2. The van der Waals surface area contributed by atoms with Crippen molar-refractivity contribution in [1.82, 2.24) is 10.0 Å². The van der Waals surface area contributed by atoms with E-state index in [2.05, 4.69) is 26.0 Å². The van der Waals surface area contributed by atoms with Gasteiger partial charge in [0.1, 0.15) is 4.90 Å². The Bertz CT molecular complexity index is 508. The average molecular weight is 362 g/mol. The van der Waals surface area contributed by atoms with Crippen LogP contribution in [-0.2, 0) is 10.0 Å². The van der Waals surface area contributed by atoms with Crippen molar-refractivity contribution in [2.45, 2.75) is 4.90 Å². The van der Waals surface area contributed by atoms with Gasteiger partial charge in [0.15, 0.2) is 0 Å². The number of halogens is 3. The second-order valence-electron chi connectivity index (χ2n) is 3.17. The first-order valence-corrected chi connectivity index (χ1v) is 7.71. The fraction of sp³-hybridized carbons (Fsp3) is 0.333. The number of likely N-dealkylation sites (N-methyl/N-ethyl adjacent to an activating group) is 1. The molecule has 8 heteroatoms. The molecule has 0 bridgehead atoms. The van der Waals surface area contributed by atoms with Gasteiger partial charge in [-0.2, -0.15) is 0 Å². The molecule has 0 radical (unpaired) electrons. The van der Waals surface area contributed by atoms with Gasteiger partial charge in [-0.3, -0.25) is 0 Å². The van der Waals surface area contributed by atoms with Gasteiger partial charge in [-0.15, -0.1) is 0 Å². The van der Waals surface area contributed by atoms with E-state index in [9.17, 15) is 8.42 Å². The SMILES string of the molecule is CNCCNS(=O)(=O)c1ccc(Br)c(Cl)c1Cl. The van der Waals surface area contributed by atoms with E-state index in [1.165, 1.54) is 6.07 Å². The smallest absolute Gasteiger partial charge is 0.242 e. The van der Waals surface area contributed by atoms with Gasteiger partial charge >= 0.3 is 0 Å². The lowest BCUT2D eigenvalue weighted by Crippen LogP contribution is -2.30. The Morgan fingerprint density at radius 1 is 1.24 bits per heavy atom. The van der Waals surface area contributed by atoms with Gasteiger partial charge in [0.2, 0.25) is 10.0 Å². The highest BCUT2D eigenvalue weighted by molar-refractivity contribution is 9.10. The lowest BCUT2D eigenvalue weighted by Gasteiger charge is -2.09. The van der Waals surface area contributed by atoms with Crippen molar-refractivity contribution in [2.24, 2.45) is 0 Å². The molecule has 0 amide bonds. The summed E-state index contributed by atoms with van der Waals surface area (Å²) in [4.78, 5) is -0.0246. The number of sulfonamides is 1. The Labute approximate surface area is 119 Å². The fourth-order valence-electron chi connectivity index (χ4n) is 1.10. The van der Waals surface area contributed by atoms with Crippen LogP contribution in [-0.4, -0.2) is 28.6 Å². The summed E-state index contributed by atoms with van der Waals surface area (Å²) in [6.07, 6.45) is 0. The van der Waals surface area contributed by atoms with E-state index in [4.69, 9.17) is 23.2 Å². The zero-order valence-corrected chi connectivity index (χ0v) is 12.8. The highest BCUT2D eigenvalue weighted by Crippen LogP contribution is 2.34. The van der Waals surface area contributed by atoms with Crippen molar-refractivity contribution in [3.63, 3.8) is 0 Å². The van der Waals surface area contributed by atoms with Gasteiger partial charge in [-0.1, -0.05) is 23.2 Å². The fourth-order valence-corrected chi connectivity index (χ4v) is 3.35. The first kappa shape index (κ1) is 15.2. The second-order valence-corrected chi connectivity index (χ2v) is 6.52. The summed E-state index contributed by atoms with van der Waals surface area (Å²) in [6.45, 7) is 0.809. The van der Waals surface area contributed by atoms with E-state index in [1.807, 2.05) is 0 Å². The third kappa shape index (κ3) is 3.81. The molecule has 0 aliphatic heterocycles. The van der Waals surface area contributed by atoms with Crippen LogP contribution in [0.3, 0.4) is 0 Å². The van der Waals surface area contributed by atoms with Crippen molar-refractivity contribution >= 4 is 49.2 Å². The molecule has 0 fully saturated rings. The van der Waals surface area contributed by atoms with E-state index in [0.29, 0.717) is 11.0 Å². The minimum Gasteiger partial charge on any atom is -0.318 e. The highest BCUT2D eigenvalue weighted by atomic mass is 79.9. The number of rotatable bonds is 5. The highest BCUT2D eigenvalue weighted by Gasteiger charge is 2.20. The van der Waals surface area contributed by atoms with Crippen molar-refractivity contribution in [1.29, 1.82) is 0 Å². The Morgan fingerprint density at radius 2 is 1.88 bits per heavy atom. The molecule has 0 aliphatic carbocycles. The van der Waals surface area contributed by atoms with Crippen molar-refractivity contribution in [3.8, 4) is 0 Å². The third-order valence-corrected chi connectivity index (χ3v) is 5.34. The largest absolute Gasteiger partial charge is 0.318 e. The Morgan fingerprint density at radius 3 is 2.47 bits per heavy atom. The normalized spacial score (nSPS) is 11.8. The van der Waals surface area contributed by atoms with Crippen LogP contribution >= 0.6 is 39.1 Å². The molecule has 96 valence electrons. The predicted octanol–water partition coefficient (Wildman–Crippen LogP) is 2.25. The third-order valence-electron chi connectivity index (χ3n) is 1.96. The molecule has 0 aliphatic rings. The van der Waals surface area contributed by atoms with Crippen LogP contribution in [0.1, 0.15) is 0 Å². The Balaban J connectivity index is 3.04. The van der Waals surface area contributed by atoms with Gasteiger partial charge in [-0.25, -0.2) is 13.1 Å². The molecular weight excluding hydrogens is 351 g/mol. The zero-order chi connectivity index (χ0) is 13.1. The lowest BCUT2D eigenvalue weighted by atomic mass is 10.4. The van der Waals surface area contributed by atoms with E-state index in [1.54, 1.807) is 13.1 Å². The first-order valence-electron chi connectivity index (χ1n) is 4.68. The molecule has 17 heavy (non-hydrogen) atoms. The molecule has 2 N–H and O–H groups in total. The summed E-state index contributed by atoms with van der Waals surface area (Å²) in [5.41, 5.74) is 0. The zero-order valence-electron chi connectivity index (χ0n) is 8.93. The molecule has 0 unspecified atom stereocenters. The van der Waals surface area contributed by atoms with Crippen molar-refractivity contribution in [2.75, 3.05) is 20.1 Å². The van der Waals surface area contributed by atoms with Gasteiger partial charge in [-0.05, 0) is 35.1 Å². The molecule has 0 spiro atoms. The summed E-state index contributed by atoms with van der Waals surface area (Å²) in [5, 5.41) is 3.03. The molecule has 0 saturated carbocycles. The Kier molecular flexibility index (Phi) is 5.69. The number of hydrogen-bond acceptors (Lipinski definition) is 3. The first-order chi connectivity index (χ1) is 7.90. The summed E-state index contributed by atoms with van der Waals surface area (Å²) in [6, 6.07) is 2.95. The molecule has 1 aromatic carbocycles. The van der Waals surface area contributed by atoms with Crippen LogP contribution < -0.4 is 10.0 Å². The molecule has 4 nitrogen and oxygen atoms in total. The average Bonchev–Trinajstić information content (AvgIpc) is 2.26. The van der Waals surface area contributed by atoms with E-state index < -0.39 is 10.0 Å². The summed E-state index contributed by atoms with van der Waals surface area (Å²) in [5.74, 6) is 0. The predicted molar refractivity (Wildman–Crippen MR) is 73.3 cm³/mol. The molecule has 1 aromatic rings. The minimum absolute atomic E-state index is 0.0120. The molecule has 0 atom stereocenters. The summed E-state index contributed by atoms with van der Waals surface area (Å²) < 4.78 is 26.8. The van der Waals surface area contributed by atoms with E-state index >= 15 is 0 Å². The summed E-state index contributed by atoms with van der Waals surface area (Å²) in [7, 11) is -1.90. The second kappa shape index (κ2) is 6.36. The molecule has 0 heterocycles. The maximum atomic E-state index is 11.9. The van der Waals surface area contributed by atoms with Gasteiger partial charge < -0.3 is 5.32 Å². The topological polar surface area (TPSA) is 58.2 Å². The van der Waals surface area contributed by atoms with E-state index in [-0.39, 0.29) is 21.5 Å². The quantitative estimate of drug-likeness (QED) is 0.624. The van der Waals surface area contributed by atoms with Gasteiger partial charge in [0.05, 0.1) is 10.0 Å². The lowest BCUT2D eigenvalue weighted by molar-refractivity contribution is 0.579. The van der Waals surface area contributed by atoms with Crippen LogP contribution in [0.2, 0.25) is 10.0 Å². The minimum atomic E-state index is -3.63. The van der Waals surface area contributed by atoms with Crippen LogP contribution in [0, 0.1) is 0 Å².